The standard InChI is InChI=1S/C30H59NO4/c1-6-7-8-9-10-13-16-19-22-27(2)23-20-17-14-11-12-15-18-21-24-30(34)35-28(25-29(32)33)26-31(3,4)5/h27-28H,6-26H2,1-5H3. The minimum atomic E-state index is -1.17. The van der Waals surface area contributed by atoms with Crippen LogP contribution in [-0.4, -0.2) is 50.2 Å². The molecule has 5 nitrogen and oxygen atoms in total. The van der Waals surface area contributed by atoms with Crippen LogP contribution in [-0.2, 0) is 14.3 Å². The summed E-state index contributed by atoms with van der Waals surface area (Å²) in [7, 11) is 5.86. The summed E-state index contributed by atoms with van der Waals surface area (Å²) in [6, 6.07) is 0. The van der Waals surface area contributed by atoms with Gasteiger partial charge in [-0.1, -0.05) is 123 Å². The normalized spacial score (nSPS) is 13.5. The highest BCUT2D eigenvalue weighted by molar-refractivity contribution is 5.70. The van der Waals surface area contributed by atoms with Gasteiger partial charge in [0.15, 0.2) is 6.10 Å². The molecule has 2 unspecified atom stereocenters. The van der Waals surface area contributed by atoms with Crippen molar-refractivity contribution in [1.82, 2.24) is 0 Å². The number of ether oxygens (including phenoxy) is 1. The molecular formula is C30H59NO4. The van der Waals surface area contributed by atoms with Crippen LogP contribution in [0.3, 0.4) is 0 Å². The number of unbranched alkanes of at least 4 members (excludes halogenated alkanes) is 14. The third-order valence-corrected chi connectivity index (χ3v) is 6.82. The van der Waals surface area contributed by atoms with E-state index in [9.17, 15) is 14.7 Å². The van der Waals surface area contributed by atoms with E-state index in [0.717, 1.165) is 25.2 Å². The minimum Gasteiger partial charge on any atom is -0.550 e. The summed E-state index contributed by atoms with van der Waals surface area (Å²) in [6.45, 7) is 5.18. The van der Waals surface area contributed by atoms with Crippen molar-refractivity contribution >= 4 is 11.9 Å². The molecule has 5 heteroatoms. The predicted octanol–water partition coefficient (Wildman–Crippen LogP) is 6.81. The lowest BCUT2D eigenvalue weighted by Gasteiger charge is -2.29. The Kier molecular flexibility index (Phi) is 21.4. The Labute approximate surface area is 218 Å². The topological polar surface area (TPSA) is 66.4 Å². The molecule has 0 N–H and O–H groups in total. The van der Waals surface area contributed by atoms with Crippen LogP contribution in [0.15, 0.2) is 0 Å². The zero-order valence-corrected chi connectivity index (χ0v) is 24.1. The molecule has 0 heterocycles. The van der Waals surface area contributed by atoms with Gasteiger partial charge in [-0.05, 0) is 12.3 Å². The van der Waals surface area contributed by atoms with Gasteiger partial charge in [-0.25, -0.2) is 0 Å². The fourth-order valence-corrected chi connectivity index (χ4v) is 4.78. The Bertz CT molecular complexity index is 515. The van der Waals surface area contributed by atoms with Crippen LogP contribution in [0.4, 0.5) is 0 Å². The summed E-state index contributed by atoms with van der Waals surface area (Å²) in [6.07, 6.45) is 23.2. The SMILES string of the molecule is CCCCCCCCCCC(C)CCCCCCCCCCC(=O)OC(CC(=O)[O-])C[N+](C)(C)C. The van der Waals surface area contributed by atoms with Crippen molar-refractivity contribution in [3.05, 3.63) is 0 Å². The number of carbonyl (C=O) groups excluding carboxylic acids is 2. The number of quaternary nitrogens is 1. The van der Waals surface area contributed by atoms with E-state index in [1.807, 2.05) is 21.1 Å². The number of aliphatic carboxylic acids is 1. The molecule has 0 spiro atoms. The van der Waals surface area contributed by atoms with Gasteiger partial charge in [-0.2, -0.15) is 0 Å². The first kappa shape index (κ1) is 33.9. The largest absolute Gasteiger partial charge is 0.550 e. The molecule has 35 heavy (non-hydrogen) atoms. The molecule has 0 aromatic rings. The van der Waals surface area contributed by atoms with Crippen LogP contribution in [0, 0.1) is 5.92 Å². The predicted molar refractivity (Wildman–Crippen MR) is 145 cm³/mol. The van der Waals surface area contributed by atoms with Crippen LogP contribution in [0.25, 0.3) is 0 Å². The molecular weight excluding hydrogens is 438 g/mol. The average Bonchev–Trinajstić information content (AvgIpc) is 2.75. The molecule has 2 atom stereocenters. The Morgan fingerprint density at radius 3 is 1.57 bits per heavy atom. The van der Waals surface area contributed by atoms with Crippen LogP contribution in [0.1, 0.15) is 142 Å². The van der Waals surface area contributed by atoms with E-state index in [0.29, 0.717) is 17.4 Å². The van der Waals surface area contributed by atoms with Crippen molar-refractivity contribution in [2.24, 2.45) is 5.92 Å². The number of likely N-dealkylation sites (N-methyl/N-ethyl adjacent to an activating group) is 1. The Hall–Kier alpha value is -1.10. The van der Waals surface area contributed by atoms with E-state index in [4.69, 9.17) is 4.74 Å². The molecule has 0 saturated carbocycles. The minimum absolute atomic E-state index is 0.237. The molecule has 0 radical (unpaired) electrons. The summed E-state index contributed by atoms with van der Waals surface area (Å²) >= 11 is 0. The summed E-state index contributed by atoms with van der Waals surface area (Å²) in [5.41, 5.74) is 0. The monoisotopic (exact) mass is 497 g/mol. The molecule has 0 aliphatic carbocycles. The molecule has 0 fully saturated rings. The first-order chi connectivity index (χ1) is 16.6. The second-order valence-corrected chi connectivity index (χ2v) is 11.9. The summed E-state index contributed by atoms with van der Waals surface area (Å²) < 4.78 is 5.95. The van der Waals surface area contributed by atoms with Crippen molar-refractivity contribution in [3.63, 3.8) is 0 Å². The van der Waals surface area contributed by atoms with E-state index < -0.39 is 12.1 Å². The second-order valence-electron chi connectivity index (χ2n) is 11.9. The summed E-state index contributed by atoms with van der Waals surface area (Å²) in [4.78, 5) is 23.0. The fraction of sp³-hybridized carbons (Fsp3) is 0.933. The second kappa shape index (κ2) is 22.1. The van der Waals surface area contributed by atoms with E-state index in [1.54, 1.807) is 0 Å². The number of nitrogens with zero attached hydrogens (tertiary/aromatic N) is 1. The van der Waals surface area contributed by atoms with Crippen molar-refractivity contribution < 1.29 is 23.9 Å². The number of carboxylic acids is 1. The maximum absolute atomic E-state index is 12.1. The van der Waals surface area contributed by atoms with Gasteiger partial charge in [-0.15, -0.1) is 0 Å². The van der Waals surface area contributed by atoms with Gasteiger partial charge in [0.25, 0.3) is 0 Å². The first-order valence-electron chi connectivity index (χ1n) is 14.8. The van der Waals surface area contributed by atoms with Gasteiger partial charge in [-0.3, -0.25) is 4.79 Å². The van der Waals surface area contributed by atoms with Gasteiger partial charge in [0.2, 0.25) is 0 Å². The van der Waals surface area contributed by atoms with Crippen molar-refractivity contribution in [2.45, 2.75) is 148 Å². The molecule has 0 rings (SSSR count). The highest BCUT2D eigenvalue weighted by Crippen LogP contribution is 2.19. The smallest absolute Gasteiger partial charge is 0.306 e. The third kappa shape index (κ3) is 25.8. The van der Waals surface area contributed by atoms with E-state index in [2.05, 4.69) is 13.8 Å². The lowest BCUT2D eigenvalue weighted by atomic mass is 9.95. The van der Waals surface area contributed by atoms with Crippen LogP contribution in [0.5, 0.6) is 0 Å². The molecule has 0 aliphatic heterocycles. The molecule has 208 valence electrons. The lowest BCUT2D eigenvalue weighted by Crippen LogP contribution is -2.45. The van der Waals surface area contributed by atoms with Crippen molar-refractivity contribution in [1.29, 1.82) is 0 Å². The van der Waals surface area contributed by atoms with E-state index >= 15 is 0 Å². The summed E-state index contributed by atoms with van der Waals surface area (Å²) in [5, 5.41) is 10.9. The van der Waals surface area contributed by atoms with Crippen molar-refractivity contribution in [2.75, 3.05) is 27.7 Å². The highest BCUT2D eigenvalue weighted by Gasteiger charge is 2.22. The maximum Gasteiger partial charge on any atom is 0.306 e. The number of carbonyl (C=O) groups is 2. The first-order valence-corrected chi connectivity index (χ1v) is 14.8. The third-order valence-electron chi connectivity index (χ3n) is 6.82. The molecule has 0 saturated heterocycles. The highest BCUT2D eigenvalue weighted by atomic mass is 16.5. The zero-order chi connectivity index (χ0) is 26.4. The van der Waals surface area contributed by atoms with E-state index in [1.165, 1.54) is 96.3 Å². The van der Waals surface area contributed by atoms with Crippen molar-refractivity contribution in [3.8, 4) is 0 Å². The van der Waals surface area contributed by atoms with Crippen LogP contribution < -0.4 is 5.11 Å². The molecule has 0 aliphatic rings. The lowest BCUT2D eigenvalue weighted by molar-refractivity contribution is -0.873. The summed E-state index contributed by atoms with van der Waals surface area (Å²) in [5.74, 6) is -0.580. The molecule has 0 bridgehead atoms. The molecule has 0 amide bonds. The van der Waals surface area contributed by atoms with Gasteiger partial charge in [0.1, 0.15) is 6.54 Å². The van der Waals surface area contributed by atoms with E-state index in [-0.39, 0.29) is 12.4 Å². The number of esters is 1. The number of rotatable bonds is 25. The quantitative estimate of drug-likeness (QED) is 0.0789. The number of hydrogen-bond donors (Lipinski definition) is 0. The molecule has 0 aromatic carbocycles. The Balaban J connectivity index is 3.56. The Morgan fingerprint density at radius 2 is 1.14 bits per heavy atom. The van der Waals surface area contributed by atoms with Gasteiger partial charge in [0, 0.05) is 18.8 Å². The van der Waals surface area contributed by atoms with Gasteiger partial charge < -0.3 is 19.1 Å². The van der Waals surface area contributed by atoms with Crippen LogP contribution in [0.2, 0.25) is 0 Å². The van der Waals surface area contributed by atoms with Gasteiger partial charge >= 0.3 is 5.97 Å². The zero-order valence-electron chi connectivity index (χ0n) is 24.1. The molecule has 0 aromatic heterocycles. The number of carboxylic acid groups (broad SMARTS) is 1. The van der Waals surface area contributed by atoms with Crippen LogP contribution >= 0.6 is 0 Å². The fourth-order valence-electron chi connectivity index (χ4n) is 4.78. The average molecular weight is 498 g/mol. The Morgan fingerprint density at radius 1 is 0.714 bits per heavy atom. The number of hydrogen-bond acceptors (Lipinski definition) is 4. The van der Waals surface area contributed by atoms with Gasteiger partial charge in [0.05, 0.1) is 21.1 Å². The maximum atomic E-state index is 12.1.